The minimum Gasteiger partial charge on any atom is -0.368 e. The van der Waals surface area contributed by atoms with E-state index in [1.54, 1.807) is 5.56 Å². The number of rotatable bonds is 1. The molecule has 2 aromatic rings. The van der Waals surface area contributed by atoms with E-state index in [1.165, 1.54) is 40.3 Å². The molecule has 0 radical (unpaired) electrons. The van der Waals surface area contributed by atoms with Crippen molar-refractivity contribution in [2.24, 2.45) is 0 Å². The summed E-state index contributed by atoms with van der Waals surface area (Å²) in [6, 6.07) is 12.0. The number of halogens is 1. The van der Waals surface area contributed by atoms with Crippen LogP contribution in [0.5, 0.6) is 0 Å². The van der Waals surface area contributed by atoms with E-state index >= 15 is 0 Å². The van der Waals surface area contributed by atoms with Crippen LogP contribution in [0.15, 0.2) is 34.8 Å². The van der Waals surface area contributed by atoms with Crippen molar-refractivity contribution in [1.82, 2.24) is 0 Å². The van der Waals surface area contributed by atoms with Gasteiger partial charge in [0.1, 0.15) is 0 Å². The maximum Gasteiger partial charge on any atom is 0.0411 e. The Bertz CT molecular complexity index is 630. The number of anilines is 1. The largest absolute Gasteiger partial charge is 0.368 e. The van der Waals surface area contributed by atoms with E-state index in [9.17, 15) is 0 Å². The van der Waals surface area contributed by atoms with E-state index in [0.29, 0.717) is 5.92 Å². The first-order valence-corrected chi connectivity index (χ1v) is 7.53. The van der Waals surface area contributed by atoms with E-state index in [-0.39, 0.29) is 0 Å². The van der Waals surface area contributed by atoms with Crippen LogP contribution in [0.1, 0.15) is 31.2 Å². The molecule has 0 saturated heterocycles. The van der Waals surface area contributed by atoms with Crippen LogP contribution in [-0.2, 0) is 0 Å². The summed E-state index contributed by atoms with van der Waals surface area (Å²) in [6.45, 7) is 3.56. The van der Waals surface area contributed by atoms with Crippen LogP contribution in [0.3, 0.4) is 0 Å². The second-order valence-corrected chi connectivity index (χ2v) is 6.47. The van der Waals surface area contributed by atoms with Crippen molar-refractivity contribution in [3.8, 4) is 0 Å². The van der Waals surface area contributed by atoms with Gasteiger partial charge in [0.05, 0.1) is 0 Å². The van der Waals surface area contributed by atoms with Crippen LogP contribution in [0, 0.1) is 0 Å². The zero-order valence-electron chi connectivity index (χ0n) is 10.5. The molecule has 0 N–H and O–H groups in total. The fourth-order valence-corrected chi connectivity index (χ4v) is 3.81. The van der Waals surface area contributed by atoms with Gasteiger partial charge in [-0.15, -0.1) is 0 Å². The normalized spacial score (nSPS) is 22.6. The molecular weight excluding hydrogens is 286 g/mol. The van der Waals surface area contributed by atoms with Crippen molar-refractivity contribution < 1.29 is 0 Å². The average Bonchev–Trinajstić information content (AvgIpc) is 3.15. The lowest BCUT2D eigenvalue weighted by Crippen LogP contribution is -2.23. The van der Waals surface area contributed by atoms with Crippen LogP contribution in [0.2, 0.25) is 0 Å². The molecule has 92 valence electrons. The van der Waals surface area contributed by atoms with Gasteiger partial charge < -0.3 is 4.90 Å². The molecule has 1 nitrogen and oxygen atoms in total. The molecule has 0 amide bonds. The van der Waals surface area contributed by atoms with Crippen molar-refractivity contribution in [2.45, 2.75) is 31.7 Å². The van der Waals surface area contributed by atoms with Gasteiger partial charge >= 0.3 is 0 Å². The lowest BCUT2D eigenvalue weighted by molar-refractivity contribution is 0.745. The lowest BCUT2D eigenvalue weighted by atomic mass is 9.96. The van der Waals surface area contributed by atoms with Crippen LogP contribution in [0.25, 0.3) is 10.8 Å². The molecule has 1 saturated carbocycles. The Morgan fingerprint density at radius 2 is 1.94 bits per heavy atom. The molecular formula is C16H16BrN. The lowest BCUT2D eigenvalue weighted by Gasteiger charge is -2.19. The van der Waals surface area contributed by atoms with E-state index in [4.69, 9.17) is 0 Å². The summed E-state index contributed by atoms with van der Waals surface area (Å²) < 4.78 is 1.21. The molecule has 2 aromatic carbocycles. The van der Waals surface area contributed by atoms with Crippen LogP contribution in [0.4, 0.5) is 5.69 Å². The predicted molar refractivity (Wildman–Crippen MR) is 80.4 cm³/mol. The topological polar surface area (TPSA) is 3.24 Å². The van der Waals surface area contributed by atoms with Gasteiger partial charge in [-0.05, 0) is 41.3 Å². The molecule has 0 spiro atoms. The van der Waals surface area contributed by atoms with Crippen molar-refractivity contribution in [3.63, 3.8) is 0 Å². The first kappa shape index (κ1) is 10.9. The smallest absolute Gasteiger partial charge is 0.0411 e. The summed E-state index contributed by atoms with van der Waals surface area (Å²) in [5.74, 6) is 0.651. The summed E-state index contributed by atoms with van der Waals surface area (Å²) in [7, 11) is 0. The summed E-state index contributed by atoms with van der Waals surface area (Å²) in [5.41, 5.74) is 3.04. The standard InChI is InChI=1S/C16H16BrN/c1-10-9-18(11-5-6-11)15-8-7-12-13(16(10)15)3-2-4-14(12)17/h2-4,7-8,10-11H,5-6,9H2,1H3. The van der Waals surface area contributed by atoms with Gasteiger partial charge in [0.25, 0.3) is 0 Å². The minimum atomic E-state index is 0.651. The number of nitrogens with zero attached hydrogens (tertiary/aromatic N) is 1. The minimum absolute atomic E-state index is 0.651. The third kappa shape index (κ3) is 1.45. The fourth-order valence-electron chi connectivity index (χ4n) is 3.32. The zero-order valence-corrected chi connectivity index (χ0v) is 12.1. The van der Waals surface area contributed by atoms with Gasteiger partial charge in [-0.3, -0.25) is 0 Å². The summed E-state index contributed by atoms with van der Waals surface area (Å²) in [4.78, 5) is 2.63. The molecule has 2 aliphatic rings. The maximum atomic E-state index is 3.67. The number of hydrogen-bond donors (Lipinski definition) is 0. The molecule has 1 heterocycles. The van der Waals surface area contributed by atoms with Crippen molar-refractivity contribution >= 4 is 32.4 Å². The monoisotopic (exact) mass is 301 g/mol. The molecule has 0 aromatic heterocycles. The molecule has 1 atom stereocenters. The summed E-state index contributed by atoms with van der Waals surface area (Å²) in [5, 5.41) is 2.78. The van der Waals surface area contributed by atoms with Gasteiger partial charge in [-0.2, -0.15) is 0 Å². The van der Waals surface area contributed by atoms with Crippen molar-refractivity contribution in [2.75, 3.05) is 11.4 Å². The number of benzene rings is 2. The molecule has 0 bridgehead atoms. The predicted octanol–water partition coefficient (Wildman–Crippen LogP) is 4.69. The van der Waals surface area contributed by atoms with Gasteiger partial charge in [-0.25, -0.2) is 0 Å². The van der Waals surface area contributed by atoms with Gasteiger partial charge in [-0.1, -0.05) is 41.1 Å². The highest BCUT2D eigenvalue weighted by atomic mass is 79.9. The first-order chi connectivity index (χ1) is 8.75. The van der Waals surface area contributed by atoms with Gasteiger partial charge in [0, 0.05) is 28.7 Å². The van der Waals surface area contributed by atoms with Crippen LogP contribution >= 0.6 is 15.9 Å². The Hall–Kier alpha value is -1.02. The Kier molecular flexibility index (Phi) is 2.25. The maximum absolute atomic E-state index is 3.67. The first-order valence-electron chi connectivity index (χ1n) is 6.73. The van der Waals surface area contributed by atoms with E-state index in [0.717, 1.165) is 6.04 Å². The molecule has 1 fully saturated rings. The molecule has 4 rings (SSSR count). The van der Waals surface area contributed by atoms with E-state index in [2.05, 4.69) is 58.1 Å². The quantitative estimate of drug-likeness (QED) is 0.739. The second kappa shape index (κ2) is 3.74. The van der Waals surface area contributed by atoms with E-state index in [1.807, 2.05) is 0 Å². The zero-order chi connectivity index (χ0) is 12.3. The molecule has 1 aliphatic carbocycles. The third-order valence-electron chi connectivity index (χ3n) is 4.29. The van der Waals surface area contributed by atoms with E-state index < -0.39 is 0 Å². The number of hydrogen-bond acceptors (Lipinski definition) is 1. The van der Waals surface area contributed by atoms with Crippen molar-refractivity contribution in [3.05, 3.63) is 40.4 Å². The second-order valence-electron chi connectivity index (χ2n) is 5.62. The molecule has 1 unspecified atom stereocenters. The Balaban J connectivity index is 1.99. The summed E-state index contributed by atoms with van der Waals surface area (Å²) >= 11 is 3.67. The molecule has 2 heteroatoms. The van der Waals surface area contributed by atoms with Gasteiger partial charge in [0.15, 0.2) is 0 Å². The highest BCUT2D eigenvalue weighted by Crippen LogP contribution is 2.46. The van der Waals surface area contributed by atoms with Crippen molar-refractivity contribution in [1.29, 1.82) is 0 Å². The number of fused-ring (bicyclic) bond motifs is 3. The third-order valence-corrected chi connectivity index (χ3v) is 4.98. The Labute approximate surface area is 116 Å². The van der Waals surface area contributed by atoms with Crippen LogP contribution < -0.4 is 4.90 Å². The average molecular weight is 302 g/mol. The Morgan fingerprint density at radius 1 is 1.11 bits per heavy atom. The highest BCUT2D eigenvalue weighted by Gasteiger charge is 2.36. The summed E-state index contributed by atoms with van der Waals surface area (Å²) in [6.07, 6.45) is 2.76. The molecule has 18 heavy (non-hydrogen) atoms. The van der Waals surface area contributed by atoms with Crippen LogP contribution in [-0.4, -0.2) is 12.6 Å². The molecule has 1 aliphatic heterocycles. The highest BCUT2D eigenvalue weighted by molar-refractivity contribution is 9.10. The Morgan fingerprint density at radius 3 is 2.72 bits per heavy atom. The fraction of sp³-hybridized carbons (Fsp3) is 0.375. The van der Waals surface area contributed by atoms with Gasteiger partial charge in [0.2, 0.25) is 0 Å². The SMILES string of the molecule is CC1CN(C2CC2)c2ccc3c(Br)cccc3c21.